The molecule has 0 aromatic carbocycles. The van der Waals surface area contributed by atoms with E-state index in [0.717, 1.165) is 0 Å². The summed E-state index contributed by atoms with van der Waals surface area (Å²) in [5.41, 5.74) is 3.03. The molecule has 1 rings (SSSR count). The van der Waals surface area contributed by atoms with Gasteiger partial charge in [0, 0.05) is 0 Å². The molecule has 60 valence electrons. The fourth-order valence-corrected chi connectivity index (χ4v) is 0.769. The third-order valence-corrected chi connectivity index (χ3v) is 1.39. The second-order valence-electron chi connectivity index (χ2n) is 2.14. The molecule has 0 radical (unpaired) electrons. The Morgan fingerprint density at radius 3 is 3.00 bits per heavy atom. The summed E-state index contributed by atoms with van der Waals surface area (Å²) < 4.78 is 0. The van der Waals surface area contributed by atoms with E-state index in [-0.39, 0.29) is 11.8 Å². The molecule has 1 amide bonds. The highest BCUT2D eigenvalue weighted by Crippen LogP contribution is 2.03. The highest BCUT2D eigenvalue weighted by Gasteiger charge is 2.24. The molecule has 0 fully saturated rings. The van der Waals surface area contributed by atoms with Crippen molar-refractivity contribution in [3.05, 3.63) is 0 Å². The monoisotopic (exact) mass is 155 g/mol. The Bertz CT molecular complexity index is 222. The summed E-state index contributed by atoms with van der Waals surface area (Å²) >= 11 is 0. The van der Waals surface area contributed by atoms with Crippen molar-refractivity contribution < 1.29 is 9.63 Å². The molecule has 0 aliphatic carbocycles. The topological polar surface area (TPSA) is 63.0 Å². The molecule has 5 heteroatoms. The average Bonchev–Trinajstić information content (AvgIpc) is 2.29. The van der Waals surface area contributed by atoms with Gasteiger partial charge in [-0.05, 0) is 6.92 Å². The first-order chi connectivity index (χ1) is 5.25. The van der Waals surface area contributed by atoms with Crippen molar-refractivity contribution in [2.45, 2.75) is 6.92 Å². The Hall–Kier alpha value is -1.39. The third-order valence-electron chi connectivity index (χ3n) is 1.39. The van der Waals surface area contributed by atoms with E-state index < -0.39 is 0 Å². The predicted octanol–water partition coefficient (Wildman–Crippen LogP) is -0.260. The predicted molar refractivity (Wildman–Crippen MR) is 40.2 cm³/mol. The number of hydrogen-bond acceptors (Lipinski definition) is 4. The molecular formula is C6H9N3O2. The van der Waals surface area contributed by atoms with Gasteiger partial charge >= 0.3 is 0 Å². The second-order valence-corrected chi connectivity index (χ2v) is 2.14. The molecule has 0 bridgehead atoms. The fourth-order valence-electron chi connectivity index (χ4n) is 0.769. The number of carbonyl (C=O) groups is 1. The van der Waals surface area contributed by atoms with Gasteiger partial charge in [-0.15, -0.1) is 0 Å². The summed E-state index contributed by atoms with van der Waals surface area (Å²) in [5.74, 6) is -0.529. The summed E-state index contributed by atoms with van der Waals surface area (Å²) in [5, 5.41) is 7.21. The maximum Gasteiger partial charge on any atom is 0.254 e. The van der Waals surface area contributed by atoms with Crippen LogP contribution in [-0.4, -0.2) is 24.9 Å². The van der Waals surface area contributed by atoms with Gasteiger partial charge in [-0.25, -0.2) is 5.43 Å². The number of carbonyl (C=O) groups excluding carboxylic acids is 1. The lowest BCUT2D eigenvalue weighted by atomic mass is 10.1. The number of amides is 1. The number of nitrogens with zero attached hydrogens (tertiary/aromatic N) is 2. The van der Waals surface area contributed by atoms with Gasteiger partial charge in [0.1, 0.15) is 13.0 Å². The lowest BCUT2D eigenvalue weighted by molar-refractivity contribution is -0.120. The van der Waals surface area contributed by atoms with Gasteiger partial charge in [0.2, 0.25) is 0 Å². The van der Waals surface area contributed by atoms with Crippen LogP contribution in [0.3, 0.4) is 0 Å². The van der Waals surface area contributed by atoms with Crippen molar-refractivity contribution in [3.63, 3.8) is 0 Å². The molecule has 1 heterocycles. The van der Waals surface area contributed by atoms with Crippen molar-refractivity contribution >= 4 is 17.8 Å². The van der Waals surface area contributed by atoms with Gasteiger partial charge < -0.3 is 4.84 Å². The normalized spacial score (nSPS) is 23.6. The van der Waals surface area contributed by atoms with Crippen LogP contribution in [0, 0.1) is 5.92 Å². The van der Waals surface area contributed by atoms with Gasteiger partial charge in [-0.3, -0.25) is 4.79 Å². The van der Waals surface area contributed by atoms with Gasteiger partial charge in [-0.2, -0.15) is 5.10 Å². The van der Waals surface area contributed by atoms with E-state index in [1.54, 1.807) is 6.92 Å². The molecule has 5 nitrogen and oxygen atoms in total. The average molecular weight is 155 g/mol. The van der Waals surface area contributed by atoms with Gasteiger partial charge in [-0.1, -0.05) is 5.16 Å². The van der Waals surface area contributed by atoms with Crippen molar-refractivity contribution in [2.24, 2.45) is 16.2 Å². The molecular weight excluding hydrogens is 146 g/mol. The lowest BCUT2D eigenvalue weighted by Crippen LogP contribution is -2.23. The van der Waals surface area contributed by atoms with Crippen LogP contribution in [0.1, 0.15) is 6.92 Å². The Labute approximate surface area is 64.1 Å². The molecule has 1 aliphatic rings. The van der Waals surface area contributed by atoms with E-state index in [2.05, 4.69) is 20.5 Å². The van der Waals surface area contributed by atoms with E-state index in [4.69, 9.17) is 0 Å². The maximum atomic E-state index is 10.9. The van der Waals surface area contributed by atoms with Crippen molar-refractivity contribution in [1.29, 1.82) is 0 Å². The van der Waals surface area contributed by atoms with Crippen LogP contribution < -0.4 is 5.43 Å². The van der Waals surface area contributed by atoms with Crippen LogP contribution in [0.25, 0.3) is 0 Å². The summed E-state index contributed by atoms with van der Waals surface area (Å²) in [6.07, 6.45) is 1.42. The van der Waals surface area contributed by atoms with Crippen molar-refractivity contribution in [2.75, 3.05) is 7.11 Å². The number of rotatable bonds is 2. The van der Waals surface area contributed by atoms with Crippen LogP contribution in [0.15, 0.2) is 10.3 Å². The molecule has 0 saturated carbocycles. The first-order valence-corrected chi connectivity index (χ1v) is 3.16. The molecule has 1 N–H and O–H groups in total. The second kappa shape index (κ2) is 3.14. The van der Waals surface area contributed by atoms with E-state index in [9.17, 15) is 4.79 Å². The van der Waals surface area contributed by atoms with Crippen LogP contribution >= 0.6 is 0 Å². The SMILES string of the molecule is CON=CC1C(=O)NN=C1C. The molecule has 0 saturated heterocycles. The Morgan fingerprint density at radius 2 is 2.55 bits per heavy atom. The number of nitrogens with one attached hydrogen (secondary N) is 1. The van der Waals surface area contributed by atoms with Crippen LogP contribution in [0.5, 0.6) is 0 Å². The number of hydrogen-bond donors (Lipinski definition) is 1. The smallest absolute Gasteiger partial charge is 0.254 e. The Balaban J connectivity index is 2.63. The molecule has 1 unspecified atom stereocenters. The highest BCUT2D eigenvalue weighted by molar-refractivity contribution is 6.17. The lowest BCUT2D eigenvalue weighted by Gasteiger charge is -1.96. The zero-order valence-corrected chi connectivity index (χ0v) is 6.37. The maximum absolute atomic E-state index is 10.9. The first-order valence-electron chi connectivity index (χ1n) is 3.16. The van der Waals surface area contributed by atoms with Gasteiger partial charge in [0.15, 0.2) is 0 Å². The van der Waals surface area contributed by atoms with Crippen molar-refractivity contribution in [3.8, 4) is 0 Å². The minimum absolute atomic E-state index is 0.164. The minimum atomic E-state index is -0.366. The molecule has 0 spiro atoms. The van der Waals surface area contributed by atoms with E-state index in [1.165, 1.54) is 13.3 Å². The molecule has 1 atom stereocenters. The van der Waals surface area contributed by atoms with Crippen LogP contribution in [0.4, 0.5) is 0 Å². The van der Waals surface area contributed by atoms with Crippen molar-refractivity contribution in [1.82, 2.24) is 5.43 Å². The van der Waals surface area contributed by atoms with Crippen LogP contribution in [-0.2, 0) is 9.63 Å². The quantitative estimate of drug-likeness (QED) is 0.441. The van der Waals surface area contributed by atoms with E-state index >= 15 is 0 Å². The zero-order valence-electron chi connectivity index (χ0n) is 6.37. The third kappa shape index (κ3) is 1.54. The molecule has 0 aromatic heterocycles. The fraction of sp³-hybridized carbons (Fsp3) is 0.500. The highest BCUT2D eigenvalue weighted by atomic mass is 16.6. The zero-order chi connectivity index (χ0) is 8.27. The summed E-state index contributed by atoms with van der Waals surface area (Å²) in [4.78, 5) is 15.4. The standard InChI is InChI=1S/C6H9N3O2/c1-4-5(3-7-11-2)6(10)9-8-4/h3,5H,1-2H3,(H,9,10). The summed E-state index contributed by atoms with van der Waals surface area (Å²) in [6.45, 7) is 1.75. The largest absolute Gasteiger partial charge is 0.399 e. The summed E-state index contributed by atoms with van der Waals surface area (Å²) in [6, 6.07) is 0. The van der Waals surface area contributed by atoms with E-state index in [0.29, 0.717) is 5.71 Å². The number of oxime groups is 1. The molecule has 11 heavy (non-hydrogen) atoms. The Kier molecular flexibility index (Phi) is 2.20. The first kappa shape index (κ1) is 7.71. The van der Waals surface area contributed by atoms with Gasteiger partial charge in [0.25, 0.3) is 5.91 Å². The van der Waals surface area contributed by atoms with Crippen LogP contribution in [0.2, 0.25) is 0 Å². The summed E-state index contributed by atoms with van der Waals surface area (Å²) in [7, 11) is 1.43. The number of hydrazone groups is 1. The van der Waals surface area contributed by atoms with Gasteiger partial charge in [0.05, 0.1) is 11.9 Å². The Morgan fingerprint density at radius 1 is 1.82 bits per heavy atom. The molecule has 1 aliphatic heterocycles. The molecule has 0 aromatic rings. The van der Waals surface area contributed by atoms with E-state index in [1.807, 2.05) is 0 Å². The minimum Gasteiger partial charge on any atom is -0.399 e.